The summed E-state index contributed by atoms with van der Waals surface area (Å²) in [6, 6.07) is 25.2. The lowest BCUT2D eigenvalue weighted by atomic mass is 10.1. The lowest BCUT2D eigenvalue weighted by Crippen LogP contribution is -2.11. The van der Waals surface area contributed by atoms with Crippen LogP contribution in [-0.4, -0.2) is 15.9 Å². The van der Waals surface area contributed by atoms with Crippen molar-refractivity contribution >= 4 is 11.6 Å². The lowest BCUT2D eigenvalue weighted by Gasteiger charge is -2.07. The molecule has 4 heteroatoms. The number of rotatable bonds is 4. The van der Waals surface area contributed by atoms with Gasteiger partial charge in [0.25, 0.3) is 5.91 Å². The number of hydrogen-bond donors (Lipinski definition) is 2. The monoisotopic (exact) mass is 353 g/mol. The molecule has 3 aromatic carbocycles. The Morgan fingerprint density at radius 1 is 0.889 bits per heavy atom. The summed E-state index contributed by atoms with van der Waals surface area (Å²) < 4.78 is 0. The smallest absolute Gasteiger partial charge is 0.255 e. The summed E-state index contributed by atoms with van der Waals surface area (Å²) in [6.45, 7) is 2.00. The van der Waals surface area contributed by atoms with Gasteiger partial charge in [0.15, 0.2) is 0 Å². The number of nitrogens with one attached hydrogen (secondary N) is 2. The molecule has 4 rings (SSSR count). The van der Waals surface area contributed by atoms with Gasteiger partial charge in [0.05, 0.1) is 11.9 Å². The van der Waals surface area contributed by atoms with Crippen LogP contribution in [0.3, 0.4) is 0 Å². The van der Waals surface area contributed by atoms with Crippen molar-refractivity contribution < 1.29 is 4.79 Å². The molecule has 0 atom stereocenters. The third-order valence-electron chi connectivity index (χ3n) is 4.37. The summed E-state index contributed by atoms with van der Waals surface area (Å²) in [5.41, 5.74) is 5.41. The SMILES string of the molecule is Cc1ccc(C(=O)Nc2cccc(-c3cnc(-c4ccccc4)[nH]3)c2)cc1. The van der Waals surface area contributed by atoms with E-state index in [4.69, 9.17) is 0 Å². The first-order valence-electron chi connectivity index (χ1n) is 8.78. The molecule has 0 fully saturated rings. The van der Waals surface area contributed by atoms with Crippen molar-refractivity contribution in [1.82, 2.24) is 9.97 Å². The second-order valence-corrected chi connectivity index (χ2v) is 6.41. The Morgan fingerprint density at radius 2 is 1.63 bits per heavy atom. The fraction of sp³-hybridized carbons (Fsp3) is 0.0435. The van der Waals surface area contributed by atoms with Crippen LogP contribution in [0, 0.1) is 6.92 Å². The molecule has 0 radical (unpaired) electrons. The Kier molecular flexibility index (Phi) is 4.54. The fourth-order valence-electron chi connectivity index (χ4n) is 2.88. The zero-order valence-electron chi connectivity index (χ0n) is 14.9. The molecule has 4 aromatic rings. The molecule has 27 heavy (non-hydrogen) atoms. The highest BCUT2D eigenvalue weighted by molar-refractivity contribution is 6.04. The lowest BCUT2D eigenvalue weighted by molar-refractivity contribution is 0.102. The van der Waals surface area contributed by atoms with Crippen molar-refractivity contribution in [3.63, 3.8) is 0 Å². The van der Waals surface area contributed by atoms with Gasteiger partial charge in [0.2, 0.25) is 0 Å². The van der Waals surface area contributed by atoms with E-state index in [-0.39, 0.29) is 5.91 Å². The highest BCUT2D eigenvalue weighted by Crippen LogP contribution is 2.24. The number of H-pyrrole nitrogens is 1. The van der Waals surface area contributed by atoms with Crippen LogP contribution in [0.2, 0.25) is 0 Å². The topological polar surface area (TPSA) is 57.8 Å². The van der Waals surface area contributed by atoms with E-state index in [0.29, 0.717) is 5.56 Å². The number of nitrogens with zero attached hydrogens (tertiary/aromatic N) is 1. The third kappa shape index (κ3) is 3.80. The van der Waals surface area contributed by atoms with Crippen LogP contribution in [0.1, 0.15) is 15.9 Å². The molecule has 4 nitrogen and oxygen atoms in total. The number of carbonyl (C=O) groups excluding carboxylic acids is 1. The van der Waals surface area contributed by atoms with Crippen LogP contribution in [0.5, 0.6) is 0 Å². The van der Waals surface area contributed by atoms with Crippen LogP contribution in [0.25, 0.3) is 22.6 Å². The summed E-state index contributed by atoms with van der Waals surface area (Å²) in [4.78, 5) is 20.2. The van der Waals surface area contributed by atoms with Gasteiger partial charge in [-0.05, 0) is 31.2 Å². The molecule has 1 amide bonds. The molecule has 1 aromatic heterocycles. The summed E-state index contributed by atoms with van der Waals surface area (Å²) in [5.74, 6) is 0.696. The van der Waals surface area contributed by atoms with Gasteiger partial charge in [-0.25, -0.2) is 4.98 Å². The number of aryl methyl sites for hydroxylation is 1. The first-order chi connectivity index (χ1) is 13.2. The highest BCUT2D eigenvalue weighted by atomic mass is 16.1. The second-order valence-electron chi connectivity index (χ2n) is 6.41. The van der Waals surface area contributed by atoms with Crippen molar-refractivity contribution in [3.05, 3.63) is 96.2 Å². The number of imidazole rings is 1. The van der Waals surface area contributed by atoms with E-state index in [1.807, 2.05) is 92.0 Å². The molecular formula is C23H19N3O. The number of benzene rings is 3. The van der Waals surface area contributed by atoms with Crippen LogP contribution in [-0.2, 0) is 0 Å². The van der Waals surface area contributed by atoms with E-state index in [1.165, 1.54) is 0 Å². The Labute approximate surface area is 157 Å². The van der Waals surface area contributed by atoms with E-state index in [1.54, 1.807) is 0 Å². The maximum absolute atomic E-state index is 12.4. The van der Waals surface area contributed by atoms with Gasteiger partial charge in [-0.1, -0.05) is 60.2 Å². The van der Waals surface area contributed by atoms with Gasteiger partial charge in [0.1, 0.15) is 5.82 Å². The minimum atomic E-state index is -0.123. The molecule has 0 saturated carbocycles. The number of amides is 1. The van der Waals surface area contributed by atoms with Crippen molar-refractivity contribution in [2.24, 2.45) is 0 Å². The van der Waals surface area contributed by atoms with Gasteiger partial charge < -0.3 is 10.3 Å². The average molecular weight is 353 g/mol. The summed E-state index contributed by atoms with van der Waals surface area (Å²) in [5, 5.41) is 2.95. The molecule has 0 aliphatic carbocycles. The Hall–Kier alpha value is -3.66. The van der Waals surface area contributed by atoms with Crippen LogP contribution < -0.4 is 5.32 Å². The molecular weight excluding hydrogens is 334 g/mol. The predicted molar refractivity (Wildman–Crippen MR) is 109 cm³/mol. The van der Waals surface area contributed by atoms with Crippen LogP contribution >= 0.6 is 0 Å². The third-order valence-corrected chi connectivity index (χ3v) is 4.37. The van der Waals surface area contributed by atoms with Crippen molar-refractivity contribution in [3.8, 4) is 22.6 Å². The van der Waals surface area contributed by atoms with E-state index < -0.39 is 0 Å². The van der Waals surface area contributed by atoms with Gasteiger partial charge >= 0.3 is 0 Å². The van der Waals surface area contributed by atoms with Crippen molar-refractivity contribution in [1.29, 1.82) is 0 Å². The maximum Gasteiger partial charge on any atom is 0.255 e. The number of carbonyl (C=O) groups is 1. The number of hydrogen-bond acceptors (Lipinski definition) is 2. The van der Waals surface area contributed by atoms with Gasteiger partial charge in [0, 0.05) is 22.4 Å². The first kappa shape index (κ1) is 16.8. The predicted octanol–water partition coefficient (Wildman–Crippen LogP) is 5.30. The second kappa shape index (κ2) is 7.30. The summed E-state index contributed by atoms with van der Waals surface area (Å²) in [6.07, 6.45) is 1.81. The Balaban J connectivity index is 1.55. The molecule has 0 unspecified atom stereocenters. The summed E-state index contributed by atoms with van der Waals surface area (Å²) in [7, 11) is 0. The fourth-order valence-corrected chi connectivity index (χ4v) is 2.88. The zero-order chi connectivity index (χ0) is 18.6. The number of aromatic amines is 1. The Bertz CT molecular complexity index is 1070. The van der Waals surface area contributed by atoms with E-state index in [0.717, 1.165) is 33.9 Å². The van der Waals surface area contributed by atoms with Crippen LogP contribution in [0.4, 0.5) is 5.69 Å². The minimum absolute atomic E-state index is 0.123. The van der Waals surface area contributed by atoms with Crippen molar-refractivity contribution in [2.45, 2.75) is 6.92 Å². The normalized spacial score (nSPS) is 10.6. The van der Waals surface area contributed by atoms with E-state index in [2.05, 4.69) is 15.3 Å². The standard InChI is InChI=1S/C23H19N3O/c1-16-10-12-18(13-11-16)23(27)25-20-9-5-8-19(14-20)21-15-24-22(26-21)17-6-3-2-4-7-17/h2-15H,1H3,(H,24,26)(H,25,27). The van der Waals surface area contributed by atoms with Gasteiger partial charge in [-0.15, -0.1) is 0 Å². The first-order valence-corrected chi connectivity index (χ1v) is 8.78. The molecule has 0 aliphatic rings. The molecule has 1 heterocycles. The minimum Gasteiger partial charge on any atom is -0.338 e. The number of anilines is 1. The molecule has 132 valence electrons. The maximum atomic E-state index is 12.4. The van der Waals surface area contributed by atoms with Crippen molar-refractivity contribution in [2.75, 3.05) is 5.32 Å². The number of aromatic nitrogens is 2. The van der Waals surface area contributed by atoms with Gasteiger partial charge in [-0.3, -0.25) is 4.79 Å². The molecule has 0 aliphatic heterocycles. The van der Waals surface area contributed by atoms with Gasteiger partial charge in [-0.2, -0.15) is 0 Å². The van der Waals surface area contributed by atoms with E-state index in [9.17, 15) is 4.79 Å². The highest BCUT2D eigenvalue weighted by Gasteiger charge is 2.08. The zero-order valence-corrected chi connectivity index (χ0v) is 14.9. The molecule has 0 saturated heterocycles. The largest absolute Gasteiger partial charge is 0.338 e. The average Bonchev–Trinajstić information content (AvgIpc) is 3.20. The molecule has 0 bridgehead atoms. The molecule has 0 spiro atoms. The summed E-state index contributed by atoms with van der Waals surface area (Å²) >= 11 is 0. The quantitative estimate of drug-likeness (QED) is 0.523. The van der Waals surface area contributed by atoms with E-state index >= 15 is 0 Å². The molecule has 2 N–H and O–H groups in total. The van der Waals surface area contributed by atoms with Crippen LogP contribution in [0.15, 0.2) is 85.1 Å². The Morgan fingerprint density at radius 3 is 2.41 bits per heavy atom.